The third kappa shape index (κ3) is 18.5. The Hall–Kier alpha value is -0.260. The highest BCUT2D eigenvalue weighted by Gasteiger charge is 2.24. The van der Waals surface area contributed by atoms with Gasteiger partial charge in [0.25, 0.3) is 0 Å². The van der Waals surface area contributed by atoms with Crippen LogP contribution in [0.15, 0.2) is 0 Å². The molecule has 0 aliphatic carbocycles. The normalized spacial score (nSPS) is 14.7. The van der Waals surface area contributed by atoms with Gasteiger partial charge >= 0.3 is 0 Å². The summed E-state index contributed by atoms with van der Waals surface area (Å²) in [4.78, 5) is 0. The van der Waals surface area contributed by atoms with Gasteiger partial charge < -0.3 is 10.2 Å². The molecule has 0 aromatic heterocycles. The zero-order valence-corrected chi connectivity index (χ0v) is 20.2. The van der Waals surface area contributed by atoms with E-state index in [-0.39, 0.29) is 0 Å². The van der Waals surface area contributed by atoms with Crippen molar-refractivity contribution in [2.75, 3.05) is 18.1 Å². The van der Waals surface area contributed by atoms with Crippen molar-refractivity contribution < 1.29 is 27.0 Å². The van der Waals surface area contributed by atoms with Crippen LogP contribution < -0.4 is 9.86 Å². The fourth-order valence-corrected chi connectivity index (χ4v) is 5.94. The molecular formula is C20H44N2O6S2. The van der Waals surface area contributed by atoms with E-state index in [1.807, 2.05) is 0 Å². The van der Waals surface area contributed by atoms with E-state index >= 15 is 0 Å². The maximum absolute atomic E-state index is 11.9. The maximum atomic E-state index is 11.9. The van der Waals surface area contributed by atoms with Crippen LogP contribution in [0.2, 0.25) is 0 Å². The molecule has 0 aromatic carbocycles. The third-order valence-electron chi connectivity index (χ3n) is 5.23. The molecule has 10 heteroatoms. The zero-order valence-electron chi connectivity index (χ0n) is 18.6. The SMILES string of the molecule is CCCCCCCCCCCCCCC[C@@H](O)[C@H](CO)NS(=O)(=O)CCS(N)(=O)=O. The van der Waals surface area contributed by atoms with Crippen molar-refractivity contribution in [3.63, 3.8) is 0 Å². The number of hydrogen-bond donors (Lipinski definition) is 4. The van der Waals surface area contributed by atoms with E-state index in [4.69, 9.17) is 5.14 Å². The molecule has 0 heterocycles. The Labute approximate surface area is 184 Å². The van der Waals surface area contributed by atoms with Crippen molar-refractivity contribution in [3.05, 3.63) is 0 Å². The molecule has 2 atom stereocenters. The summed E-state index contributed by atoms with van der Waals surface area (Å²) >= 11 is 0. The molecule has 30 heavy (non-hydrogen) atoms. The molecular weight excluding hydrogens is 428 g/mol. The molecule has 0 saturated heterocycles. The molecule has 0 fully saturated rings. The highest BCUT2D eigenvalue weighted by Crippen LogP contribution is 2.14. The monoisotopic (exact) mass is 472 g/mol. The summed E-state index contributed by atoms with van der Waals surface area (Å²) in [6.45, 7) is 1.67. The molecule has 0 rings (SSSR count). The number of unbranched alkanes of at least 4 members (excludes halogenated alkanes) is 12. The van der Waals surface area contributed by atoms with Gasteiger partial charge in [-0.2, -0.15) is 0 Å². The van der Waals surface area contributed by atoms with Crippen LogP contribution in [-0.2, 0) is 20.0 Å². The minimum atomic E-state index is -3.96. The first-order valence-corrected chi connectivity index (χ1v) is 14.8. The van der Waals surface area contributed by atoms with Gasteiger partial charge in [0.1, 0.15) is 0 Å². The Morgan fingerprint density at radius 3 is 1.60 bits per heavy atom. The Bertz CT molecular complexity index is 611. The van der Waals surface area contributed by atoms with Gasteiger partial charge in [0.15, 0.2) is 0 Å². The van der Waals surface area contributed by atoms with Crippen molar-refractivity contribution in [1.82, 2.24) is 4.72 Å². The molecule has 0 amide bonds. The summed E-state index contributed by atoms with van der Waals surface area (Å²) in [7, 11) is -7.86. The van der Waals surface area contributed by atoms with Crippen LogP contribution in [0.1, 0.15) is 96.8 Å². The molecule has 0 aliphatic heterocycles. The van der Waals surface area contributed by atoms with Gasteiger partial charge in [-0.1, -0.05) is 90.4 Å². The van der Waals surface area contributed by atoms with Gasteiger partial charge in [-0.05, 0) is 6.42 Å². The first-order valence-electron chi connectivity index (χ1n) is 11.4. The molecule has 182 valence electrons. The quantitative estimate of drug-likeness (QED) is 0.189. The first-order chi connectivity index (χ1) is 14.1. The van der Waals surface area contributed by atoms with Gasteiger partial charge in [-0.25, -0.2) is 26.7 Å². The maximum Gasteiger partial charge on any atom is 0.213 e. The zero-order chi connectivity index (χ0) is 22.9. The number of aliphatic hydroxyl groups is 2. The number of rotatable bonds is 21. The lowest BCUT2D eigenvalue weighted by Gasteiger charge is -2.22. The number of nitrogens with one attached hydrogen (secondary N) is 1. The Morgan fingerprint density at radius 2 is 1.20 bits per heavy atom. The number of sulfonamides is 2. The summed E-state index contributed by atoms with van der Waals surface area (Å²) < 4.78 is 47.7. The summed E-state index contributed by atoms with van der Waals surface area (Å²) in [6.07, 6.45) is 15.1. The summed E-state index contributed by atoms with van der Waals surface area (Å²) in [5, 5.41) is 24.3. The topological polar surface area (TPSA) is 147 Å². The van der Waals surface area contributed by atoms with Gasteiger partial charge in [0.05, 0.1) is 30.3 Å². The third-order valence-corrected chi connectivity index (χ3v) is 7.67. The van der Waals surface area contributed by atoms with Crippen LogP contribution in [0.3, 0.4) is 0 Å². The van der Waals surface area contributed by atoms with E-state index in [1.54, 1.807) is 0 Å². The molecule has 0 unspecified atom stereocenters. The second-order valence-electron chi connectivity index (χ2n) is 8.19. The molecule has 0 radical (unpaired) electrons. The van der Waals surface area contributed by atoms with Gasteiger partial charge in [0, 0.05) is 0 Å². The first kappa shape index (κ1) is 29.7. The fraction of sp³-hybridized carbons (Fsp3) is 1.00. The van der Waals surface area contributed by atoms with Crippen LogP contribution in [0.5, 0.6) is 0 Å². The van der Waals surface area contributed by atoms with Gasteiger partial charge in [-0.3, -0.25) is 0 Å². The van der Waals surface area contributed by atoms with Crippen LogP contribution in [-0.4, -0.2) is 57.3 Å². The van der Waals surface area contributed by atoms with E-state index in [0.717, 1.165) is 25.7 Å². The smallest absolute Gasteiger partial charge is 0.213 e. The molecule has 5 N–H and O–H groups in total. The van der Waals surface area contributed by atoms with Crippen LogP contribution in [0.25, 0.3) is 0 Å². The predicted octanol–water partition coefficient (Wildman–Crippen LogP) is 2.40. The van der Waals surface area contributed by atoms with Crippen LogP contribution >= 0.6 is 0 Å². The largest absolute Gasteiger partial charge is 0.395 e. The van der Waals surface area contributed by atoms with Crippen molar-refractivity contribution in [3.8, 4) is 0 Å². The van der Waals surface area contributed by atoms with Gasteiger partial charge in [0.2, 0.25) is 20.0 Å². The Balaban J connectivity index is 3.81. The predicted molar refractivity (Wildman–Crippen MR) is 122 cm³/mol. The second-order valence-corrected chi connectivity index (χ2v) is 11.8. The highest BCUT2D eigenvalue weighted by molar-refractivity contribution is 7.93. The lowest BCUT2D eigenvalue weighted by molar-refractivity contribution is 0.0916. The standard InChI is InChI=1S/C20H44N2O6S2/c1-2-3-4-5-6-7-8-9-10-11-12-13-14-15-20(24)19(18-23)22-30(27,28)17-16-29(21,25)26/h19-20,22-24H,2-18H2,1H3,(H2,21,25,26)/t19-,20+/m0/s1. The van der Waals surface area contributed by atoms with Crippen molar-refractivity contribution in [2.24, 2.45) is 5.14 Å². The lowest BCUT2D eigenvalue weighted by Crippen LogP contribution is -2.47. The summed E-state index contributed by atoms with van der Waals surface area (Å²) in [5.41, 5.74) is 0. The average molecular weight is 473 g/mol. The van der Waals surface area contributed by atoms with E-state index in [1.165, 1.54) is 57.8 Å². The number of nitrogens with two attached hydrogens (primary N) is 1. The minimum Gasteiger partial charge on any atom is -0.395 e. The average Bonchev–Trinajstić information content (AvgIpc) is 2.67. The summed E-state index contributed by atoms with van der Waals surface area (Å²) in [5.74, 6) is -1.41. The van der Waals surface area contributed by atoms with Crippen molar-refractivity contribution in [1.29, 1.82) is 0 Å². The highest BCUT2D eigenvalue weighted by atomic mass is 32.2. The van der Waals surface area contributed by atoms with E-state index in [0.29, 0.717) is 6.42 Å². The van der Waals surface area contributed by atoms with Crippen molar-refractivity contribution in [2.45, 2.75) is 109 Å². The lowest BCUT2D eigenvalue weighted by atomic mass is 10.0. The molecule has 0 aliphatic rings. The number of hydrogen-bond acceptors (Lipinski definition) is 6. The molecule has 0 spiro atoms. The number of primary sulfonamides is 1. The molecule has 0 aromatic rings. The van der Waals surface area contributed by atoms with E-state index in [9.17, 15) is 27.0 Å². The molecule has 8 nitrogen and oxygen atoms in total. The number of aliphatic hydroxyl groups excluding tert-OH is 2. The summed E-state index contributed by atoms with van der Waals surface area (Å²) in [6, 6.07) is -1.05. The van der Waals surface area contributed by atoms with E-state index in [2.05, 4.69) is 11.6 Å². The van der Waals surface area contributed by atoms with Gasteiger partial charge in [-0.15, -0.1) is 0 Å². The Morgan fingerprint density at radius 1 is 0.767 bits per heavy atom. The molecule has 0 bridgehead atoms. The minimum absolute atomic E-state index is 0.376. The fourth-order valence-electron chi connectivity index (χ4n) is 3.33. The van der Waals surface area contributed by atoms with Crippen LogP contribution in [0, 0.1) is 0 Å². The van der Waals surface area contributed by atoms with Crippen molar-refractivity contribution >= 4 is 20.0 Å². The van der Waals surface area contributed by atoms with Crippen LogP contribution in [0.4, 0.5) is 0 Å². The van der Waals surface area contributed by atoms with E-state index < -0.39 is 50.3 Å². The Kier molecular flexibility index (Phi) is 17.2. The second kappa shape index (κ2) is 17.3. The molecule has 0 saturated carbocycles.